The first-order chi connectivity index (χ1) is 14.7. The number of aromatic nitrogens is 1. The van der Waals surface area contributed by atoms with Crippen LogP contribution in [0.3, 0.4) is 0 Å². The molecule has 0 aliphatic heterocycles. The summed E-state index contributed by atoms with van der Waals surface area (Å²) in [4.78, 5) is 8.78. The minimum Gasteiger partial charge on any atom is -0.542 e. The van der Waals surface area contributed by atoms with E-state index in [1.807, 2.05) is 31.2 Å². The molecule has 0 radical (unpaired) electrons. The normalized spacial score (nSPS) is 10.9. The molecule has 5 nitrogen and oxygen atoms in total. The molecule has 2 aromatic rings. The van der Waals surface area contributed by atoms with Gasteiger partial charge in [0.1, 0.15) is 12.5 Å². The first-order valence-corrected chi connectivity index (χ1v) is 9.89. The number of aliphatic carboxylic acids is 1. The highest BCUT2D eigenvalue weighted by atomic mass is 19.4. The second-order valence-corrected chi connectivity index (χ2v) is 6.71. The molecule has 2 rings (SSSR count). The fourth-order valence-electron chi connectivity index (χ4n) is 2.40. The molecule has 0 N–H and O–H groups in total. The number of alkyl halides is 3. The van der Waals surface area contributed by atoms with Crippen LogP contribution < -0.4 is 14.4 Å². The van der Waals surface area contributed by atoms with E-state index in [-0.39, 0.29) is 5.82 Å². The van der Waals surface area contributed by atoms with Crippen molar-refractivity contribution in [3.63, 3.8) is 0 Å². The molecule has 0 saturated heterocycles. The molecule has 0 aliphatic rings. The fraction of sp³-hybridized carbons (Fsp3) is 0.455. The fourth-order valence-corrected chi connectivity index (χ4v) is 2.40. The summed E-state index contributed by atoms with van der Waals surface area (Å²) in [6, 6.07) is 11.1. The summed E-state index contributed by atoms with van der Waals surface area (Å²) >= 11 is 0. The molecule has 0 aliphatic carbocycles. The van der Waals surface area contributed by atoms with Gasteiger partial charge in [0.15, 0.2) is 24.0 Å². The van der Waals surface area contributed by atoms with E-state index in [9.17, 15) is 17.6 Å². The quantitative estimate of drug-likeness (QED) is 0.302. The van der Waals surface area contributed by atoms with Crippen LogP contribution in [-0.4, -0.2) is 32.0 Å². The number of halogens is 4. The van der Waals surface area contributed by atoms with Gasteiger partial charge in [-0.2, -0.15) is 13.2 Å². The zero-order chi connectivity index (χ0) is 23.1. The van der Waals surface area contributed by atoms with E-state index >= 15 is 0 Å². The zero-order valence-electron chi connectivity index (χ0n) is 17.4. The largest absolute Gasteiger partial charge is 0.542 e. The van der Waals surface area contributed by atoms with Crippen LogP contribution in [0.15, 0.2) is 48.8 Å². The lowest BCUT2D eigenvalue weighted by Crippen LogP contribution is -2.37. The maximum atomic E-state index is 13.6. The van der Waals surface area contributed by atoms with Gasteiger partial charge in [0.05, 0.1) is 6.61 Å². The highest BCUT2D eigenvalue weighted by Gasteiger charge is 2.28. The molecular formula is C22H27F4NO4. The molecule has 0 bridgehead atoms. The van der Waals surface area contributed by atoms with Gasteiger partial charge in [-0.1, -0.05) is 12.1 Å². The number of hydrogen-bond acceptors (Lipinski definition) is 4. The lowest BCUT2D eigenvalue weighted by molar-refractivity contribution is -0.697. The summed E-state index contributed by atoms with van der Waals surface area (Å²) < 4.78 is 58.4. The number of carbonyl (C=O) groups excluding carboxylic acids is 1. The molecule has 0 saturated carbocycles. The summed E-state index contributed by atoms with van der Waals surface area (Å²) in [5, 5.41) is 8.78. The average Bonchev–Trinajstić information content (AvgIpc) is 2.71. The number of ether oxygens (including phenoxy) is 2. The van der Waals surface area contributed by atoms with Crippen molar-refractivity contribution in [1.82, 2.24) is 0 Å². The minimum atomic E-state index is -5.19. The van der Waals surface area contributed by atoms with E-state index in [1.165, 1.54) is 6.07 Å². The van der Waals surface area contributed by atoms with Gasteiger partial charge < -0.3 is 19.4 Å². The van der Waals surface area contributed by atoms with E-state index in [0.29, 0.717) is 12.4 Å². The number of benzene rings is 1. The molecule has 0 spiro atoms. The Bertz CT molecular complexity index is 770. The van der Waals surface area contributed by atoms with Gasteiger partial charge in [0.2, 0.25) is 0 Å². The third kappa shape index (κ3) is 12.6. The smallest absolute Gasteiger partial charge is 0.430 e. The number of unbranched alkanes of at least 4 members (excludes halogenated alkanes) is 2. The van der Waals surface area contributed by atoms with Crippen LogP contribution in [0, 0.1) is 12.7 Å². The number of nitrogens with zero attached hydrogens (tertiary/aromatic N) is 1. The lowest BCUT2D eigenvalue weighted by atomic mass is 10.2. The van der Waals surface area contributed by atoms with Crippen LogP contribution in [0.25, 0.3) is 0 Å². The molecule has 1 aromatic heterocycles. The van der Waals surface area contributed by atoms with Crippen LogP contribution in [0.1, 0.15) is 31.2 Å². The molecule has 1 heterocycles. The Balaban J connectivity index is 0.000000592. The van der Waals surface area contributed by atoms with Gasteiger partial charge in [-0.3, -0.25) is 0 Å². The Morgan fingerprint density at radius 2 is 1.58 bits per heavy atom. The van der Waals surface area contributed by atoms with E-state index in [4.69, 9.17) is 19.4 Å². The second-order valence-electron chi connectivity index (χ2n) is 6.71. The molecule has 0 atom stereocenters. The highest BCUT2D eigenvalue weighted by Crippen LogP contribution is 2.18. The van der Waals surface area contributed by atoms with Gasteiger partial charge >= 0.3 is 6.18 Å². The van der Waals surface area contributed by atoms with Gasteiger partial charge in [-0.15, -0.1) is 0 Å². The van der Waals surface area contributed by atoms with Crippen molar-refractivity contribution in [3.8, 4) is 5.75 Å². The average molecular weight is 445 g/mol. The van der Waals surface area contributed by atoms with Gasteiger partial charge in [-0.25, -0.2) is 8.96 Å². The Morgan fingerprint density at radius 3 is 2.16 bits per heavy atom. The van der Waals surface area contributed by atoms with Crippen molar-refractivity contribution < 1.29 is 41.5 Å². The molecule has 31 heavy (non-hydrogen) atoms. The van der Waals surface area contributed by atoms with Crippen molar-refractivity contribution in [2.45, 2.75) is 45.3 Å². The van der Waals surface area contributed by atoms with Gasteiger partial charge in [-0.05, 0) is 43.9 Å². The molecule has 9 heteroatoms. The maximum Gasteiger partial charge on any atom is 0.430 e. The van der Waals surface area contributed by atoms with Gasteiger partial charge in [0.25, 0.3) is 0 Å². The number of hydrogen-bond donors (Lipinski definition) is 0. The Morgan fingerprint density at radius 1 is 1.00 bits per heavy atom. The number of carboxylic acids is 1. The molecular weight excluding hydrogens is 418 g/mol. The van der Waals surface area contributed by atoms with Gasteiger partial charge in [0, 0.05) is 31.8 Å². The monoisotopic (exact) mass is 445 g/mol. The van der Waals surface area contributed by atoms with Crippen LogP contribution >= 0.6 is 0 Å². The summed E-state index contributed by atoms with van der Waals surface area (Å²) in [6.07, 6.45) is 2.95. The first kappa shape index (κ1) is 26.4. The molecule has 1 aromatic carbocycles. The highest BCUT2D eigenvalue weighted by molar-refractivity contribution is 5.70. The third-order valence-electron chi connectivity index (χ3n) is 3.99. The predicted molar refractivity (Wildman–Crippen MR) is 104 cm³/mol. The van der Waals surface area contributed by atoms with Crippen molar-refractivity contribution in [3.05, 3.63) is 60.2 Å². The second kappa shape index (κ2) is 14.3. The third-order valence-corrected chi connectivity index (χ3v) is 3.99. The molecule has 0 unspecified atom stereocenters. The van der Waals surface area contributed by atoms with Crippen LogP contribution in [0.2, 0.25) is 0 Å². The van der Waals surface area contributed by atoms with E-state index in [1.54, 1.807) is 6.07 Å². The SMILES string of the molecule is Cc1ccc(OCCCCOCCCC[n+]2ccccc2)c(F)c1.O=C([O-])C(F)(F)F. The lowest BCUT2D eigenvalue weighted by Gasteiger charge is -2.08. The first-order valence-electron chi connectivity index (χ1n) is 9.89. The van der Waals surface area contributed by atoms with Crippen molar-refractivity contribution in [1.29, 1.82) is 0 Å². The Labute approximate surface area is 179 Å². The maximum absolute atomic E-state index is 13.6. The molecule has 0 amide bonds. The topological polar surface area (TPSA) is 62.5 Å². The van der Waals surface area contributed by atoms with Crippen molar-refractivity contribution >= 4 is 5.97 Å². The zero-order valence-corrected chi connectivity index (χ0v) is 17.4. The van der Waals surface area contributed by atoms with E-state index in [2.05, 4.69) is 17.0 Å². The van der Waals surface area contributed by atoms with Crippen LogP contribution in [-0.2, 0) is 16.1 Å². The summed E-state index contributed by atoms with van der Waals surface area (Å²) in [7, 11) is 0. The summed E-state index contributed by atoms with van der Waals surface area (Å²) in [5.41, 5.74) is 0.902. The molecule has 0 fully saturated rings. The van der Waals surface area contributed by atoms with E-state index in [0.717, 1.165) is 51.0 Å². The molecule has 172 valence electrons. The van der Waals surface area contributed by atoms with Crippen molar-refractivity contribution in [2.75, 3.05) is 19.8 Å². The number of aryl methyl sites for hydroxylation is 2. The number of carboxylic acid groups (broad SMARTS) is 1. The number of carbonyl (C=O) groups is 1. The van der Waals surface area contributed by atoms with E-state index < -0.39 is 12.1 Å². The Kier molecular flexibility index (Phi) is 12.2. The van der Waals surface area contributed by atoms with Crippen LogP contribution in [0.5, 0.6) is 5.75 Å². The number of rotatable bonds is 11. The predicted octanol–water partition coefficient (Wildman–Crippen LogP) is 3.38. The standard InChI is InChI=1S/C20H27FNO2.C2HF3O2/c1-18-9-10-20(19(21)17-18)24-16-8-7-15-23-14-6-5-13-22-11-3-2-4-12-22;3-2(4,5)1(6)7/h2-4,9-12,17H,5-8,13-16H2,1H3;(H,6,7)/q+1;/p-1. The van der Waals surface area contributed by atoms with Crippen LogP contribution in [0.4, 0.5) is 17.6 Å². The minimum absolute atomic E-state index is 0.289. The summed E-state index contributed by atoms with van der Waals surface area (Å²) in [6.45, 7) is 4.94. The Hall–Kier alpha value is -2.68. The number of pyridine rings is 1. The summed E-state index contributed by atoms with van der Waals surface area (Å²) in [5.74, 6) is -2.96. The van der Waals surface area contributed by atoms with Crippen molar-refractivity contribution in [2.24, 2.45) is 0 Å².